The first-order valence-electron chi connectivity index (χ1n) is 7.57. The van der Waals surface area contributed by atoms with Crippen LogP contribution < -0.4 is 10.6 Å². The topological polar surface area (TPSA) is 58.2 Å². The van der Waals surface area contributed by atoms with Crippen molar-refractivity contribution in [2.24, 2.45) is 5.41 Å². The van der Waals surface area contributed by atoms with E-state index in [0.717, 1.165) is 11.1 Å². The highest BCUT2D eigenvalue weighted by molar-refractivity contribution is 7.18. The van der Waals surface area contributed by atoms with Crippen molar-refractivity contribution in [3.63, 3.8) is 0 Å². The Balaban J connectivity index is 2.17. The quantitative estimate of drug-likeness (QED) is 0.780. The molecule has 0 aliphatic rings. The van der Waals surface area contributed by atoms with E-state index in [2.05, 4.69) is 10.6 Å². The fourth-order valence-corrected chi connectivity index (χ4v) is 3.21. The Kier molecular flexibility index (Phi) is 5.35. The highest BCUT2D eigenvalue weighted by Crippen LogP contribution is 2.30. The molecule has 2 amide bonds. The van der Waals surface area contributed by atoms with Gasteiger partial charge >= 0.3 is 0 Å². The van der Waals surface area contributed by atoms with E-state index in [1.54, 1.807) is 18.2 Å². The van der Waals surface area contributed by atoms with E-state index < -0.39 is 5.41 Å². The lowest BCUT2D eigenvalue weighted by Gasteiger charge is -2.16. The Hall–Kier alpha value is -1.85. The molecule has 0 bridgehead atoms. The lowest BCUT2D eigenvalue weighted by Crippen LogP contribution is -2.27. The number of amides is 2. The lowest BCUT2D eigenvalue weighted by atomic mass is 9.96. The molecule has 1 aromatic carbocycles. The van der Waals surface area contributed by atoms with Crippen molar-refractivity contribution in [2.45, 2.75) is 34.6 Å². The van der Waals surface area contributed by atoms with E-state index in [0.29, 0.717) is 20.6 Å². The smallest absolute Gasteiger partial charge is 0.266 e. The molecule has 0 unspecified atom stereocenters. The van der Waals surface area contributed by atoms with Crippen LogP contribution >= 0.6 is 22.9 Å². The van der Waals surface area contributed by atoms with Crippen molar-refractivity contribution in [3.05, 3.63) is 45.3 Å². The maximum Gasteiger partial charge on any atom is 0.266 e. The van der Waals surface area contributed by atoms with Gasteiger partial charge in [-0.2, -0.15) is 0 Å². The van der Waals surface area contributed by atoms with Gasteiger partial charge in [-0.05, 0) is 43.2 Å². The van der Waals surface area contributed by atoms with Gasteiger partial charge in [-0.15, -0.1) is 11.3 Å². The number of hydrogen-bond donors (Lipinski definition) is 2. The number of hydrogen-bond acceptors (Lipinski definition) is 3. The first-order valence-corrected chi connectivity index (χ1v) is 8.77. The van der Waals surface area contributed by atoms with Crippen LogP contribution in [0.4, 0.5) is 10.7 Å². The summed E-state index contributed by atoms with van der Waals surface area (Å²) >= 11 is 7.41. The molecule has 0 saturated carbocycles. The number of anilines is 2. The second kappa shape index (κ2) is 6.95. The van der Waals surface area contributed by atoms with Crippen molar-refractivity contribution in [1.82, 2.24) is 0 Å². The maximum atomic E-state index is 12.5. The predicted molar refractivity (Wildman–Crippen MR) is 101 cm³/mol. The highest BCUT2D eigenvalue weighted by atomic mass is 35.5. The predicted octanol–water partition coefficient (Wildman–Crippen LogP) is 5.26. The number of nitrogens with one attached hydrogen (secondary N) is 2. The number of thiophene rings is 1. The van der Waals surface area contributed by atoms with Gasteiger partial charge in [0.05, 0.1) is 20.6 Å². The molecule has 0 spiro atoms. The van der Waals surface area contributed by atoms with Gasteiger partial charge in [0.25, 0.3) is 5.91 Å². The van der Waals surface area contributed by atoms with Crippen molar-refractivity contribution in [3.8, 4) is 0 Å². The summed E-state index contributed by atoms with van der Waals surface area (Å²) in [5.74, 6) is -0.322. The van der Waals surface area contributed by atoms with Gasteiger partial charge in [-0.1, -0.05) is 38.4 Å². The minimum Gasteiger partial charge on any atom is -0.320 e. The number of halogens is 1. The number of carbonyl (C=O) groups is 2. The van der Waals surface area contributed by atoms with Crippen LogP contribution in [-0.4, -0.2) is 11.8 Å². The molecule has 0 fully saturated rings. The zero-order chi connectivity index (χ0) is 18.1. The van der Waals surface area contributed by atoms with E-state index in [1.165, 1.54) is 11.3 Å². The third kappa shape index (κ3) is 4.36. The van der Waals surface area contributed by atoms with Crippen LogP contribution in [0.25, 0.3) is 0 Å². The minimum absolute atomic E-state index is 0.0858. The highest BCUT2D eigenvalue weighted by Gasteiger charge is 2.23. The van der Waals surface area contributed by atoms with Gasteiger partial charge in [-0.3, -0.25) is 9.59 Å². The third-order valence-electron chi connectivity index (χ3n) is 3.41. The molecule has 2 N–H and O–H groups in total. The number of benzene rings is 1. The standard InChI is InChI=1S/C18H21ClN2O2S/c1-10-6-7-13(12(19)8-10)20-16(22)15-11(2)9-14(24-15)21-17(23)18(3,4)5/h6-9H,1-5H3,(H,20,22)(H,21,23). The lowest BCUT2D eigenvalue weighted by molar-refractivity contribution is -0.123. The summed E-state index contributed by atoms with van der Waals surface area (Å²) in [4.78, 5) is 25.1. The van der Waals surface area contributed by atoms with Crippen LogP contribution in [-0.2, 0) is 4.79 Å². The van der Waals surface area contributed by atoms with E-state index >= 15 is 0 Å². The molecule has 0 aliphatic carbocycles. The van der Waals surface area contributed by atoms with Crippen molar-refractivity contribution >= 4 is 45.4 Å². The monoisotopic (exact) mass is 364 g/mol. The summed E-state index contributed by atoms with van der Waals surface area (Å²) in [5, 5.41) is 6.83. The Morgan fingerprint density at radius 1 is 1.08 bits per heavy atom. The van der Waals surface area contributed by atoms with Gasteiger partial charge in [0, 0.05) is 5.41 Å². The molecular formula is C18H21ClN2O2S. The molecule has 0 atom stereocenters. The summed E-state index contributed by atoms with van der Waals surface area (Å²) in [5.41, 5.74) is 1.92. The van der Waals surface area contributed by atoms with Crippen molar-refractivity contribution in [2.75, 3.05) is 10.6 Å². The number of aryl methyl sites for hydroxylation is 2. The summed E-state index contributed by atoms with van der Waals surface area (Å²) in [6.07, 6.45) is 0. The van der Waals surface area contributed by atoms with Crippen molar-refractivity contribution in [1.29, 1.82) is 0 Å². The number of rotatable bonds is 3. The Bertz CT molecular complexity index is 791. The zero-order valence-electron chi connectivity index (χ0n) is 14.4. The van der Waals surface area contributed by atoms with Crippen LogP contribution in [0.2, 0.25) is 5.02 Å². The summed E-state index contributed by atoms with van der Waals surface area (Å²) in [6, 6.07) is 7.27. The molecule has 128 valence electrons. The maximum absolute atomic E-state index is 12.5. The van der Waals surface area contributed by atoms with E-state index in [9.17, 15) is 9.59 Å². The van der Waals surface area contributed by atoms with Gasteiger partial charge in [0.15, 0.2) is 0 Å². The minimum atomic E-state index is -0.490. The Morgan fingerprint density at radius 2 is 1.75 bits per heavy atom. The molecule has 2 rings (SSSR count). The molecule has 0 aliphatic heterocycles. The van der Waals surface area contributed by atoms with E-state index in [-0.39, 0.29) is 11.8 Å². The van der Waals surface area contributed by atoms with Crippen LogP contribution in [0, 0.1) is 19.3 Å². The van der Waals surface area contributed by atoms with Crippen LogP contribution in [0.5, 0.6) is 0 Å². The van der Waals surface area contributed by atoms with Crippen LogP contribution in [0.15, 0.2) is 24.3 Å². The second-order valence-corrected chi connectivity index (χ2v) is 8.22. The molecule has 0 radical (unpaired) electrons. The second-order valence-electron chi connectivity index (χ2n) is 6.76. The average Bonchev–Trinajstić information content (AvgIpc) is 2.81. The first-order chi connectivity index (χ1) is 11.1. The Morgan fingerprint density at radius 3 is 2.33 bits per heavy atom. The summed E-state index contributed by atoms with van der Waals surface area (Å²) in [7, 11) is 0. The fraction of sp³-hybridized carbons (Fsp3) is 0.333. The van der Waals surface area contributed by atoms with E-state index in [4.69, 9.17) is 11.6 Å². The molecule has 4 nitrogen and oxygen atoms in total. The molecular weight excluding hydrogens is 344 g/mol. The normalized spacial score (nSPS) is 11.2. The molecule has 0 saturated heterocycles. The first kappa shape index (κ1) is 18.5. The number of carbonyl (C=O) groups excluding carboxylic acids is 2. The Labute approximate surface area is 151 Å². The molecule has 24 heavy (non-hydrogen) atoms. The summed E-state index contributed by atoms with van der Waals surface area (Å²) < 4.78 is 0. The van der Waals surface area contributed by atoms with Gasteiger partial charge in [-0.25, -0.2) is 0 Å². The average molecular weight is 365 g/mol. The van der Waals surface area contributed by atoms with Gasteiger partial charge < -0.3 is 10.6 Å². The van der Waals surface area contributed by atoms with Crippen LogP contribution in [0.1, 0.15) is 41.6 Å². The molecule has 2 aromatic rings. The zero-order valence-corrected chi connectivity index (χ0v) is 16.0. The molecule has 1 heterocycles. The van der Waals surface area contributed by atoms with Crippen molar-refractivity contribution < 1.29 is 9.59 Å². The molecule has 6 heteroatoms. The van der Waals surface area contributed by atoms with Gasteiger partial charge in [0.2, 0.25) is 5.91 Å². The van der Waals surface area contributed by atoms with Gasteiger partial charge in [0.1, 0.15) is 0 Å². The van der Waals surface area contributed by atoms with E-state index in [1.807, 2.05) is 40.7 Å². The molecule has 1 aromatic heterocycles. The van der Waals surface area contributed by atoms with Crippen LogP contribution in [0.3, 0.4) is 0 Å². The SMILES string of the molecule is Cc1ccc(NC(=O)c2sc(NC(=O)C(C)(C)C)cc2C)c(Cl)c1. The third-order valence-corrected chi connectivity index (χ3v) is 4.88. The summed E-state index contributed by atoms with van der Waals surface area (Å²) in [6.45, 7) is 9.31. The largest absolute Gasteiger partial charge is 0.320 e. The fourth-order valence-electron chi connectivity index (χ4n) is 1.97.